The minimum Gasteiger partial charge on any atom is -0.457 e. The van der Waals surface area contributed by atoms with Crippen LogP contribution in [0, 0.1) is 5.95 Å². The van der Waals surface area contributed by atoms with Crippen molar-refractivity contribution in [1.29, 1.82) is 0 Å². The van der Waals surface area contributed by atoms with Crippen LogP contribution in [-0.4, -0.2) is 38.0 Å². The third-order valence-corrected chi connectivity index (χ3v) is 6.64. The number of alkyl halides is 4. The van der Waals surface area contributed by atoms with E-state index in [-0.39, 0.29) is 34.7 Å². The molecule has 1 saturated heterocycles. The molecule has 3 aromatic rings. The van der Waals surface area contributed by atoms with Crippen molar-refractivity contribution >= 4 is 10.1 Å². The Morgan fingerprint density at radius 2 is 1.75 bits per heavy atom. The standard InChI is InChI=1S/C22H16F5N3O5S/c23-19-14(2-1-7-30-19)12-3-5-17-15(8-12)20(10-29-11-21(24,28)35-20)16-9-13(4-6-18(16)33-17)34-36(31,32)22(25,26)27/h1-9,29H,10-11,28H2. The van der Waals surface area contributed by atoms with Crippen molar-refractivity contribution in [3.05, 3.63) is 71.8 Å². The average molecular weight is 529 g/mol. The van der Waals surface area contributed by atoms with Gasteiger partial charge in [-0.25, -0.2) is 4.98 Å². The lowest BCUT2D eigenvalue weighted by molar-refractivity contribution is -0.230. The van der Waals surface area contributed by atoms with Crippen molar-refractivity contribution in [1.82, 2.24) is 10.3 Å². The van der Waals surface area contributed by atoms with Crippen LogP contribution in [0.3, 0.4) is 0 Å². The molecule has 0 aliphatic carbocycles. The van der Waals surface area contributed by atoms with Crippen LogP contribution in [-0.2, 0) is 20.5 Å². The number of nitrogens with zero attached hydrogens (tertiary/aromatic N) is 1. The summed E-state index contributed by atoms with van der Waals surface area (Å²) < 4.78 is 107. The van der Waals surface area contributed by atoms with E-state index in [1.807, 2.05) is 0 Å². The highest BCUT2D eigenvalue weighted by Gasteiger charge is 2.52. The normalized spacial score (nSPS) is 23.5. The molecule has 0 amide bonds. The lowest BCUT2D eigenvalue weighted by atomic mass is 9.80. The molecule has 2 atom stereocenters. The van der Waals surface area contributed by atoms with Gasteiger partial charge in [0.25, 0.3) is 5.98 Å². The van der Waals surface area contributed by atoms with Gasteiger partial charge in [0.05, 0.1) is 6.54 Å². The van der Waals surface area contributed by atoms with E-state index >= 15 is 4.39 Å². The van der Waals surface area contributed by atoms with Crippen molar-refractivity contribution in [2.24, 2.45) is 5.73 Å². The Labute approximate surface area is 200 Å². The second-order valence-corrected chi connectivity index (χ2v) is 9.65. The zero-order chi connectivity index (χ0) is 25.9. The van der Waals surface area contributed by atoms with E-state index in [0.717, 1.165) is 18.2 Å². The molecule has 190 valence electrons. The SMILES string of the molecule is NC1(F)CNCC2(O1)c1cc(OS(=O)(=O)C(F)(F)F)ccc1Oc1ccc(-c3cccnc3F)cc12. The summed E-state index contributed by atoms with van der Waals surface area (Å²) in [6.07, 6.45) is 1.26. The molecule has 14 heteroatoms. The molecular formula is C22H16F5N3O5S. The number of hydrogen-bond donors (Lipinski definition) is 2. The summed E-state index contributed by atoms with van der Waals surface area (Å²) in [7, 11) is -6.00. The molecule has 5 rings (SSSR count). The second kappa shape index (κ2) is 8.09. The highest BCUT2D eigenvalue weighted by Crippen LogP contribution is 2.52. The molecule has 2 aliphatic heterocycles. The first-order valence-electron chi connectivity index (χ1n) is 10.3. The maximum Gasteiger partial charge on any atom is 0.534 e. The molecule has 3 N–H and O–H groups in total. The molecule has 0 bridgehead atoms. The van der Waals surface area contributed by atoms with E-state index in [4.69, 9.17) is 15.2 Å². The van der Waals surface area contributed by atoms with Gasteiger partial charge in [0.2, 0.25) is 5.95 Å². The number of benzene rings is 2. The van der Waals surface area contributed by atoms with Crippen LogP contribution >= 0.6 is 0 Å². The van der Waals surface area contributed by atoms with Crippen LogP contribution in [0.1, 0.15) is 11.1 Å². The summed E-state index contributed by atoms with van der Waals surface area (Å²) in [6, 6.07) is 10.5. The molecule has 0 saturated carbocycles. The summed E-state index contributed by atoms with van der Waals surface area (Å²) >= 11 is 0. The Balaban J connectivity index is 1.69. The van der Waals surface area contributed by atoms with E-state index in [0.29, 0.717) is 5.56 Å². The van der Waals surface area contributed by atoms with Crippen LogP contribution in [0.15, 0.2) is 54.7 Å². The molecule has 1 aromatic heterocycles. The van der Waals surface area contributed by atoms with E-state index in [1.54, 1.807) is 0 Å². The summed E-state index contributed by atoms with van der Waals surface area (Å²) in [4.78, 5) is 3.61. The molecule has 8 nitrogen and oxygen atoms in total. The fourth-order valence-electron chi connectivity index (χ4n) is 4.18. The molecule has 0 radical (unpaired) electrons. The summed E-state index contributed by atoms with van der Waals surface area (Å²) in [6.45, 7) is -0.566. The number of nitrogens with one attached hydrogen (secondary N) is 1. The van der Waals surface area contributed by atoms with E-state index in [1.165, 1.54) is 36.5 Å². The van der Waals surface area contributed by atoms with Gasteiger partial charge in [-0.15, -0.1) is 0 Å². The van der Waals surface area contributed by atoms with E-state index < -0.39 is 45.4 Å². The summed E-state index contributed by atoms with van der Waals surface area (Å²) in [5, 5.41) is 2.77. The predicted octanol–water partition coefficient (Wildman–Crippen LogP) is 3.67. The lowest BCUT2D eigenvalue weighted by Gasteiger charge is -2.46. The Hall–Kier alpha value is -3.33. The highest BCUT2D eigenvalue weighted by molar-refractivity contribution is 7.88. The molecule has 2 unspecified atom stereocenters. The number of hydrogen-bond acceptors (Lipinski definition) is 8. The van der Waals surface area contributed by atoms with Gasteiger partial charge in [-0.2, -0.15) is 30.4 Å². The van der Waals surface area contributed by atoms with Crippen molar-refractivity contribution in [2.45, 2.75) is 17.1 Å². The van der Waals surface area contributed by atoms with Gasteiger partial charge in [-0.1, -0.05) is 6.07 Å². The third-order valence-electron chi connectivity index (χ3n) is 5.66. The van der Waals surface area contributed by atoms with Crippen molar-refractivity contribution in [3.8, 4) is 28.4 Å². The molecule has 2 aliphatic rings. The first-order valence-corrected chi connectivity index (χ1v) is 11.7. The summed E-state index contributed by atoms with van der Waals surface area (Å²) in [5.74, 6) is -4.04. The van der Waals surface area contributed by atoms with Gasteiger partial charge in [0.15, 0.2) is 0 Å². The van der Waals surface area contributed by atoms with Gasteiger partial charge >= 0.3 is 15.6 Å². The Morgan fingerprint density at radius 3 is 2.42 bits per heavy atom. The number of fused-ring (bicyclic) bond motifs is 4. The minimum atomic E-state index is -6.00. The fourth-order valence-corrected chi connectivity index (χ4v) is 4.63. The zero-order valence-electron chi connectivity index (χ0n) is 18.0. The quantitative estimate of drug-likeness (QED) is 0.174. The number of rotatable bonds is 3. The van der Waals surface area contributed by atoms with E-state index in [9.17, 15) is 26.0 Å². The topological polar surface area (TPSA) is 113 Å². The highest BCUT2D eigenvalue weighted by atomic mass is 32.2. The number of ether oxygens (including phenoxy) is 2. The molecular weight excluding hydrogens is 513 g/mol. The first-order chi connectivity index (χ1) is 16.8. The van der Waals surface area contributed by atoms with Gasteiger partial charge < -0.3 is 19.0 Å². The van der Waals surface area contributed by atoms with Gasteiger partial charge in [0.1, 0.15) is 22.8 Å². The molecule has 3 heterocycles. The molecule has 36 heavy (non-hydrogen) atoms. The largest absolute Gasteiger partial charge is 0.534 e. The van der Waals surface area contributed by atoms with Gasteiger partial charge in [-0.3, -0.25) is 5.73 Å². The first kappa shape index (κ1) is 24.4. The number of nitrogens with two attached hydrogens (primary N) is 1. The fraction of sp³-hybridized carbons (Fsp3) is 0.227. The molecule has 1 spiro atoms. The Morgan fingerprint density at radius 1 is 1.06 bits per heavy atom. The lowest BCUT2D eigenvalue weighted by Crippen LogP contribution is -2.62. The smallest absolute Gasteiger partial charge is 0.457 e. The number of halogens is 5. The maximum absolute atomic E-state index is 15.0. The van der Waals surface area contributed by atoms with Crippen LogP contribution < -0.4 is 20.0 Å². The van der Waals surface area contributed by atoms with Crippen LogP contribution in [0.4, 0.5) is 22.0 Å². The van der Waals surface area contributed by atoms with Gasteiger partial charge in [-0.05, 0) is 48.0 Å². The second-order valence-electron chi connectivity index (χ2n) is 8.11. The van der Waals surface area contributed by atoms with Crippen LogP contribution in [0.2, 0.25) is 0 Å². The number of morpholine rings is 1. The Bertz CT molecular complexity index is 1460. The van der Waals surface area contributed by atoms with Crippen molar-refractivity contribution in [3.63, 3.8) is 0 Å². The van der Waals surface area contributed by atoms with Crippen LogP contribution in [0.25, 0.3) is 11.1 Å². The summed E-state index contributed by atoms with van der Waals surface area (Å²) in [5.41, 5.74) is -1.35. The van der Waals surface area contributed by atoms with E-state index in [2.05, 4.69) is 14.5 Å². The number of aromatic nitrogens is 1. The average Bonchev–Trinajstić information content (AvgIpc) is 2.78. The third kappa shape index (κ3) is 4.05. The maximum atomic E-state index is 15.0. The molecule has 2 aromatic carbocycles. The zero-order valence-corrected chi connectivity index (χ0v) is 18.8. The predicted molar refractivity (Wildman–Crippen MR) is 115 cm³/mol. The monoisotopic (exact) mass is 529 g/mol. The minimum absolute atomic E-state index is 0.0269. The number of pyridine rings is 1. The van der Waals surface area contributed by atoms with Crippen LogP contribution in [0.5, 0.6) is 17.2 Å². The van der Waals surface area contributed by atoms with Crippen molar-refractivity contribution in [2.75, 3.05) is 13.1 Å². The van der Waals surface area contributed by atoms with Crippen molar-refractivity contribution < 1.29 is 44.0 Å². The molecule has 1 fully saturated rings. The Kier molecular flexibility index (Phi) is 5.48. The van der Waals surface area contributed by atoms with Gasteiger partial charge in [0, 0.05) is 29.4 Å².